The van der Waals surface area contributed by atoms with Crippen LogP contribution in [0.1, 0.15) is 12.0 Å². The van der Waals surface area contributed by atoms with Crippen LogP contribution in [-0.2, 0) is 0 Å². The molecule has 0 spiro atoms. The van der Waals surface area contributed by atoms with Crippen molar-refractivity contribution in [1.29, 1.82) is 0 Å². The number of alkyl halides is 2. The monoisotopic (exact) mass is 236 g/mol. The van der Waals surface area contributed by atoms with E-state index in [1.807, 2.05) is 0 Å². The number of fused-ring (bicyclic) bond motifs is 1. The second kappa shape index (κ2) is 3.44. The highest BCUT2D eigenvalue weighted by Gasteiger charge is 2.14. The van der Waals surface area contributed by atoms with Crippen molar-refractivity contribution in [1.82, 2.24) is 0 Å². The van der Waals surface area contributed by atoms with E-state index in [9.17, 15) is 13.2 Å². The average Bonchev–Trinajstić information content (AvgIpc) is 2.42. The molecule has 1 aromatic heterocycles. The number of thiophene rings is 1. The Labute approximate surface area is 86.9 Å². The Balaban J connectivity index is 2.70. The van der Waals surface area contributed by atoms with Gasteiger partial charge in [-0.1, -0.05) is 11.6 Å². The van der Waals surface area contributed by atoms with Crippen molar-refractivity contribution < 1.29 is 13.2 Å². The van der Waals surface area contributed by atoms with Crippen LogP contribution in [0.4, 0.5) is 13.2 Å². The van der Waals surface area contributed by atoms with Gasteiger partial charge in [0.2, 0.25) is 0 Å². The molecule has 2 rings (SSSR count). The molecule has 0 radical (unpaired) electrons. The average molecular weight is 237 g/mol. The molecule has 0 saturated carbocycles. The Morgan fingerprint density at radius 3 is 2.57 bits per heavy atom. The first-order valence-electron chi connectivity index (χ1n) is 3.74. The smallest absolute Gasteiger partial charge is 0.205 e. The molecule has 0 unspecified atom stereocenters. The van der Waals surface area contributed by atoms with Crippen molar-refractivity contribution in [3.05, 3.63) is 33.9 Å². The normalized spacial score (nSPS) is 11.5. The molecule has 2 aromatic rings. The number of benzene rings is 1. The molecule has 0 nitrogen and oxygen atoms in total. The fourth-order valence-electron chi connectivity index (χ4n) is 1.21. The Morgan fingerprint density at radius 2 is 1.93 bits per heavy atom. The number of hydrogen-bond donors (Lipinski definition) is 0. The van der Waals surface area contributed by atoms with E-state index in [4.69, 9.17) is 11.6 Å². The number of hydrogen-bond acceptors (Lipinski definition) is 1. The first kappa shape index (κ1) is 9.80. The minimum absolute atomic E-state index is 0.0229. The first-order valence-corrected chi connectivity index (χ1v) is 4.94. The van der Waals surface area contributed by atoms with Crippen molar-refractivity contribution in [3.8, 4) is 0 Å². The van der Waals surface area contributed by atoms with Gasteiger partial charge in [0.1, 0.15) is 0 Å². The van der Waals surface area contributed by atoms with Crippen LogP contribution in [0.15, 0.2) is 18.2 Å². The van der Waals surface area contributed by atoms with Crippen molar-refractivity contribution in [2.24, 2.45) is 0 Å². The highest BCUT2D eigenvalue weighted by molar-refractivity contribution is 7.17. The molecule has 0 N–H and O–H groups in total. The topological polar surface area (TPSA) is 0 Å². The third-order valence-corrected chi connectivity index (χ3v) is 3.05. The van der Waals surface area contributed by atoms with Crippen LogP contribution in [0.25, 0.3) is 10.1 Å². The van der Waals surface area contributed by atoms with Crippen LogP contribution in [0.5, 0.6) is 0 Å². The molecule has 0 aliphatic rings. The summed E-state index contributed by atoms with van der Waals surface area (Å²) >= 11 is 6.44. The van der Waals surface area contributed by atoms with E-state index in [0.717, 1.165) is 11.3 Å². The van der Waals surface area contributed by atoms with E-state index in [1.54, 1.807) is 0 Å². The van der Waals surface area contributed by atoms with Gasteiger partial charge in [0.05, 0.1) is 5.02 Å². The quantitative estimate of drug-likeness (QED) is 0.677. The van der Waals surface area contributed by atoms with Crippen LogP contribution in [-0.4, -0.2) is 0 Å². The predicted molar refractivity (Wildman–Crippen MR) is 51.8 cm³/mol. The van der Waals surface area contributed by atoms with Crippen molar-refractivity contribution >= 4 is 33.0 Å². The highest BCUT2D eigenvalue weighted by atomic mass is 35.5. The molecule has 1 aromatic carbocycles. The SMILES string of the molecule is Fc1cc2cc(Cl)c(C(F)F)cc2s1. The molecule has 74 valence electrons. The van der Waals surface area contributed by atoms with Gasteiger partial charge in [0.25, 0.3) is 6.43 Å². The zero-order valence-electron chi connectivity index (χ0n) is 6.73. The van der Waals surface area contributed by atoms with Gasteiger partial charge in [0, 0.05) is 10.3 Å². The van der Waals surface area contributed by atoms with Crippen molar-refractivity contribution in [2.45, 2.75) is 6.43 Å². The van der Waals surface area contributed by atoms with E-state index in [-0.39, 0.29) is 10.6 Å². The Hall–Kier alpha value is -0.740. The Morgan fingerprint density at radius 1 is 1.21 bits per heavy atom. The summed E-state index contributed by atoms with van der Waals surface area (Å²) < 4.78 is 38.0. The Bertz CT molecular complexity index is 478. The van der Waals surface area contributed by atoms with E-state index in [2.05, 4.69) is 0 Å². The van der Waals surface area contributed by atoms with E-state index in [0.29, 0.717) is 10.1 Å². The van der Waals surface area contributed by atoms with Crippen molar-refractivity contribution in [2.75, 3.05) is 0 Å². The molecule has 0 saturated heterocycles. The molecule has 14 heavy (non-hydrogen) atoms. The molecule has 0 aliphatic carbocycles. The predicted octanol–water partition coefficient (Wildman–Crippen LogP) is 4.63. The largest absolute Gasteiger partial charge is 0.265 e. The van der Waals surface area contributed by atoms with E-state index < -0.39 is 11.6 Å². The second-order valence-corrected chi connectivity index (χ2v) is 4.20. The summed E-state index contributed by atoms with van der Waals surface area (Å²) in [6.45, 7) is 0. The lowest BCUT2D eigenvalue weighted by atomic mass is 10.2. The van der Waals surface area contributed by atoms with Gasteiger partial charge in [-0.3, -0.25) is 0 Å². The Kier molecular flexibility index (Phi) is 2.41. The summed E-state index contributed by atoms with van der Waals surface area (Å²) in [5.74, 6) is 0. The molecule has 0 amide bonds. The lowest BCUT2D eigenvalue weighted by Crippen LogP contribution is -1.84. The van der Waals surface area contributed by atoms with Gasteiger partial charge in [-0.25, -0.2) is 8.78 Å². The number of rotatable bonds is 1. The summed E-state index contributed by atoms with van der Waals surface area (Å²) in [6.07, 6.45) is -2.63. The van der Waals surface area contributed by atoms with Crippen molar-refractivity contribution in [3.63, 3.8) is 0 Å². The maximum Gasteiger partial charge on any atom is 0.265 e. The molecule has 0 fully saturated rings. The molecule has 5 heteroatoms. The third-order valence-electron chi connectivity index (χ3n) is 1.84. The molecule has 0 bridgehead atoms. The fraction of sp³-hybridized carbons (Fsp3) is 0.111. The zero-order valence-corrected chi connectivity index (χ0v) is 8.30. The van der Waals surface area contributed by atoms with Gasteiger partial charge in [-0.15, -0.1) is 11.3 Å². The summed E-state index contributed by atoms with van der Waals surface area (Å²) in [7, 11) is 0. The minimum atomic E-state index is -2.63. The first-order chi connectivity index (χ1) is 6.58. The van der Waals surface area contributed by atoms with Gasteiger partial charge >= 0.3 is 0 Å². The fourth-order valence-corrected chi connectivity index (χ4v) is 2.28. The summed E-state index contributed by atoms with van der Waals surface area (Å²) in [5.41, 5.74) is -0.249. The van der Waals surface area contributed by atoms with Crippen LogP contribution < -0.4 is 0 Å². The van der Waals surface area contributed by atoms with Gasteiger partial charge in [0.15, 0.2) is 5.13 Å². The van der Waals surface area contributed by atoms with Gasteiger partial charge in [-0.05, 0) is 23.6 Å². The van der Waals surface area contributed by atoms with Crippen LogP contribution >= 0.6 is 22.9 Å². The zero-order chi connectivity index (χ0) is 10.3. The van der Waals surface area contributed by atoms with E-state index >= 15 is 0 Å². The second-order valence-electron chi connectivity index (χ2n) is 2.76. The maximum absolute atomic E-state index is 12.8. The molecule has 1 heterocycles. The summed E-state index contributed by atoms with van der Waals surface area (Å²) in [5, 5.41) is 0.134. The third kappa shape index (κ3) is 1.60. The van der Waals surface area contributed by atoms with Gasteiger partial charge in [-0.2, -0.15) is 4.39 Å². The standard InChI is InChI=1S/C9H4ClF3S/c10-6-1-4-2-8(11)14-7(4)3-5(6)9(12)13/h1-3,9H. The van der Waals surface area contributed by atoms with Crippen LogP contribution in [0.3, 0.4) is 0 Å². The maximum atomic E-state index is 12.8. The lowest BCUT2D eigenvalue weighted by molar-refractivity contribution is 0.151. The lowest BCUT2D eigenvalue weighted by Gasteiger charge is -2.02. The van der Waals surface area contributed by atoms with Gasteiger partial charge < -0.3 is 0 Å². The van der Waals surface area contributed by atoms with E-state index in [1.165, 1.54) is 18.2 Å². The molecule has 0 aliphatic heterocycles. The summed E-state index contributed by atoms with van der Waals surface area (Å²) in [4.78, 5) is 0. The summed E-state index contributed by atoms with van der Waals surface area (Å²) in [6, 6.07) is 3.87. The molecular formula is C9H4ClF3S. The van der Waals surface area contributed by atoms with Crippen LogP contribution in [0.2, 0.25) is 5.02 Å². The molecular weight excluding hydrogens is 233 g/mol. The number of halogens is 4. The molecule has 0 atom stereocenters. The minimum Gasteiger partial charge on any atom is -0.205 e. The highest BCUT2D eigenvalue weighted by Crippen LogP contribution is 2.34. The van der Waals surface area contributed by atoms with Crippen LogP contribution in [0, 0.1) is 5.13 Å².